The Kier molecular flexibility index (Phi) is 2.70. The summed E-state index contributed by atoms with van der Waals surface area (Å²) in [5.41, 5.74) is 3.97. The van der Waals surface area contributed by atoms with E-state index >= 15 is 0 Å². The summed E-state index contributed by atoms with van der Waals surface area (Å²) in [4.78, 5) is 4.62. The zero-order valence-electron chi connectivity index (χ0n) is 8.38. The maximum absolute atomic E-state index is 5.50. The molecule has 1 aliphatic rings. The van der Waals surface area contributed by atoms with Crippen molar-refractivity contribution >= 4 is 0 Å². The fourth-order valence-electron chi connectivity index (χ4n) is 1.97. The molecule has 2 N–H and O–H groups in total. The van der Waals surface area contributed by atoms with Crippen molar-refractivity contribution in [2.24, 2.45) is 5.90 Å². The quantitative estimate of drug-likeness (QED) is 0.737. The Balaban J connectivity index is 2.31. The van der Waals surface area contributed by atoms with Gasteiger partial charge in [-0.25, -0.2) is 5.90 Å². The third-order valence-corrected chi connectivity index (χ3v) is 2.70. The van der Waals surface area contributed by atoms with Crippen molar-refractivity contribution < 1.29 is 9.57 Å². The molecule has 0 spiro atoms. The monoisotopic (exact) mass is 193 g/mol. The first-order valence-electron chi connectivity index (χ1n) is 4.88. The van der Waals surface area contributed by atoms with E-state index in [4.69, 9.17) is 10.6 Å². The maximum Gasteiger partial charge on any atom is 0.122 e. The van der Waals surface area contributed by atoms with Crippen molar-refractivity contribution in [1.29, 1.82) is 0 Å². The average Bonchev–Trinajstić information content (AvgIpc) is 2.64. The lowest BCUT2D eigenvalue weighted by Crippen LogP contribution is -2.06. The zero-order valence-corrected chi connectivity index (χ0v) is 8.38. The lowest BCUT2D eigenvalue weighted by molar-refractivity contribution is 0.141. The number of rotatable bonds is 3. The number of hydrogen-bond donors (Lipinski definition) is 1. The Bertz CT molecular complexity index is 336. The molecule has 76 valence electrons. The Labute approximate surface area is 83.8 Å². The first-order chi connectivity index (χ1) is 6.83. The van der Waals surface area contributed by atoms with Gasteiger partial charge in [-0.15, -0.1) is 0 Å². The smallest absolute Gasteiger partial charge is 0.122 e. The third kappa shape index (κ3) is 1.61. The molecule has 1 aromatic carbocycles. The van der Waals surface area contributed by atoms with Crippen molar-refractivity contribution in [3.63, 3.8) is 0 Å². The van der Waals surface area contributed by atoms with Crippen LogP contribution in [0.3, 0.4) is 0 Å². The summed E-state index contributed by atoms with van der Waals surface area (Å²) < 4.78 is 5.50. The second-order valence-electron chi connectivity index (χ2n) is 3.56. The van der Waals surface area contributed by atoms with E-state index in [0.717, 1.165) is 25.2 Å². The van der Waals surface area contributed by atoms with E-state index in [9.17, 15) is 0 Å². The van der Waals surface area contributed by atoms with E-state index in [1.807, 2.05) is 6.07 Å². The van der Waals surface area contributed by atoms with Gasteiger partial charge in [-0.05, 0) is 30.5 Å². The van der Waals surface area contributed by atoms with Crippen molar-refractivity contribution in [3.8, 4) is 5.75 Å². The highest BCUT2D eigenvalue weighted by Crippen LogP contribution is 2.30. The molecule has 0 radical (unpaired) electrons. The second kappa shape index (κ2) is 3.98. The van der Waals surface area contributed by atoms with Crippen LogP contribution in [0.2, 0.25) is 0 Å². The van der Waals surface area contributed by atoms with Crippen LogP contribution >= 0.6 is 0 Å². The summed E-state index contributed by atoms with van der Waals surface area (Å²) in [5, 5.41) is 0. The second-order valence-corrected chi connectivity index (χ2v) is 3.56. The molecule has 0 bridgehead atoms. The number of aryl methyl sites for hydroxylation is 1. The topological polar surface area (TPSA) is 44.5 Å². The minimum absolute atomic E-state index is 0.567. The molecule has 0 aromatic heterocycles. The summed E-state index contributed by atoms with van der Waals surface area (Å²) in [6.07, 6.45) is 1.88. The van der Waals surface area contributed by atoms with Gasteiger partial charge >= 0.3 is 0 Å². The molecular weight excluding hydrogens is 178 g/mol. The van der Waals surface area contributed by atoms with Crippen molar-refractivity contribution in [3.05, 3.63) is 28.8 Å². The molecule has 1 aliphatic heterocycles. The van der Waals surface area contributed by atoms with Gasteiger partial charge in [0.1, 0.15) is 5.75 Å². The van der Waals surface area contributed by atoms with E-state index in [2.05, 4.69) is 17.8 Å². The normalized spacial score (nSPS) is 13.9. The van der Waals surface area contributed by atoms with Gasteiger partial charge in [0.25, 0.3) is 0 Å². The molecule has 0 fully saturated rings. The first-order valence-corrected chi connectivity index (χ1v) is 4.88. The molecule has 14 heavy (non-hydrogen) atoms. The Hall–Kier alpha value is -1.06. The van der Waals surface area contributed by atoms with Crippen LogP contribution in [0.5, 0.6) is 5.75 Å². The van der Waals surface area contributed by atoms with Crippen molar-refractivity contribution in [2.75, 3.05) is 13.2 Å². The van der Waals surface area contributed by atoms with Crippen LogP contribution < -0.4 is 10.6 Å². The minimum Gasteiger partial charge on any atom is -0.493 e. The van der Waals surface area contributed by atoms with Gasteiger partial charge in [0.05, 0.1) is 13.2 Å². The fraction of sp³-hybridized carbons (Fsp3) is 0.455. The molecule has 3 heteroatoms. The van der Waals surface area contributed by atoms with E-state index in [0.29, 0.717) is 6.61 Å². The highest BCUT2D eigenvalue weighted by molar-refractivity contribution is 5.46. The van der Waals surface area contributed by atoms with E-state index in [-0.39, 0.29) is 0 Å². The average molecular weight is 193 g/mol. The molecule has 0 aliphatic carbocycles. The zero-order chi connectivity index (χ0) is 9.97. The number of nitrogens with two attached hydrogens (primary N) is 1. The first kappa shape index (κ1) is 9.49. The maximum atomic E-state index is 5.50. The number of hydrogen-bond acceptors (Lipinski definition) is 3. The van der Waals surface area contributed by atoms with E-state index in [1.165, 1.54) is 16.7 Å². The molecule has 1 aromatic rings. The Morgan fingerprint density at radius 2 is 2.36 bits per heavy atom. The number of benzene rings is 1. The molecule has 1 heterocycles. The van der Waals surface area contributed by atoms with Gasteiger partial charge in [-0.3, -0.25) is 0 Å². The summed E-state index contributed by atoms with van der Waals surface area (Å²) in [5.74, 6) is 6.07. The molecule has 0 saturated heterocycles. The van der Waals surface area contributed by atoms with E-state index < -0.39 is 0 Å². The van der Waals surface area contributed by atoms with Crippen LogP contribution in [0, 0.1) is 6.92 Å². The summed E-state index contributed by atoms with van der Waals surface area (Å²) in [7, 11) is 0. The molecular formula is C11H15NO2. The molecule has 3 nitrogen and oxygen atoms in total. The predicted octanol–water partition coefficient (Wildman–Crippen LogP) is 1.36. The summed E-state index contributed by atoms with van der Waals surface area (Å²) in [6.45, 7) is 3.48. The van der Waals surface area contributed by atoms with Crippen LogP contribution in [0.1, 0.15) is 16.7 Å². The van der Waals surface area contributed by atoms with Crippen molar-refractivity contribution in [2.45, 2.75) is 19.8 Å². The van der Waals surface area contributed by atoms with Gasteiger partial charge in [0.15, 0.2) is 0 Å². The van der Waals surface area contributed by atoms with Gasteiger partial charge in [0.2, 0.25) is 0 Å². The molecule has 0 saturated carbocycles. The fourth-order valence-corrected chi connectivity index (χ4v) is 1.97. The summed E-state index contributed by atoms with van der Waals surface area (Å²) in [6, 6.07) is 4.14. The van der Waals surface area contributed by atoms with Crippen LogP contribution in [-0.2, 0) is 17.7 Å². The third-order valence-electron chi connectivity index (χ3n) is 2.70. The van der Waals surface area contributed by atoms with Crippen LogP contribution in [-0.4, -0.2) is 13.2 Å². The minimum atomic E-state index is 0.567. The van der Waals surface area contributed by atoms with Crippen LogP contribution in [0.4, 0.5) is 0 Å². The van der Waals surface area contributed by atoms with Gasteiger partial charge in [-0.2, -0.15) is 0 Å². The molecule has 2 rings (SSSR count). The lowest BCUT2D eigenvalue weighted by Gasteiger charge is -2.09. The largest absolute Gasteiger partial charge is 0.493 e. The lowest BCUT2D eigenvalue weighted by atomic mass is 9.98. The van der Waals surface area contributed by atoms with Gasteiger partial charge in [-0.1, -0.05) is 6.07 Å². The van der Waals surface area contributed by atoms with Crippen LogP contribution in [0.15, 0.2) is 12.1 Å². The highest BCUT2D eigenvalue weighted by Gasteiger charge is 2.17. The Morgan fingerprint density at radius 1 is 1.50 bits per heavy atom. The molecule has 0 amide bonds. The van der Waals surface area contributed by atoms with Crippen LogP contribution in [0.25, 0.3) is 0 Å². The standard InChI is InChI=1S/C11H15NO2/c1-8-2-3-11-10(4-6-13-11)9(8)5-7-14-12/h2-3H,4-7,12H2,1H3. The SMILES string of the molecule is Cc1ccc2c(c1CCON)CCO2. The van der Waals surface area contributed by atoms with Gasteiger partial charge < -0.3 is 9.57 Å². The molecule has 0 atom stereocenters. The van der Waals surface area contributed by atoms with E-state index in [1.54, 1.807) is 0 Å². The number of ether oxygens (including phenoxy) is 1. The van der Waals surface area contributed by atoms with Gasteiger partial charge in [0, 0.05) is 12.0 Å². The highest BCUT2D eigenvalue weighted by atomic mass is 16.6. The number of fused-ring (bicyclic) bond motifs is 1. The summed E-state index contributed by atoms with van der Waals surface area (Å²) >= 11 is 0. The molecule has 0 unspecified atom stereocenters. The van der Waals surface area contributed by atoms with Crippen molar-refractivity contribution in [1.82, 2.24) is 0 Å². The predicted molar refractivity (Wildman–Crippen MR) is 54.2 cm³/mol. The Morgan fingerprint density at radius 3 is 3.14 bits per heavy atom.